The van der Waals surface area contributed by atoms with E-state index >= 15 is 0 Å². The third kappa shape index (κ3) is 3.77. The molecule has 1 aliphatic carbocycles. The largest absolute Gasteiger partial charge is 0.347 e. The molecule has 3 rings (SSSR count). The molecular weight excluding hydrogens is 332 g/mol. The highest BCUT2D eigenvalue weighted by molar-refractivity contribution is 7.91. The molecule has 1 saturated heterocycles. The summed E-state index contributed by atoms with van der Waals surface area (Å²) in [6.45, 7) is 0. The maximum absolute atomic E-state index is 12.2. The van der Waals surface area contributed by atoms with Gasteiger partial charge in [-0.15, -0.1) is 0 Å². The van der Waals surface area contributed by atoms with E-state index in [-0.39, 0.29) is 35.1 Å². The van der Waals surface area contributed by atoms with Gasteiger partial charge in [-0.25, -0.2) is 8.42 Å². The topological polar surface area (TPSA) is 110 Å². The fourth-order valence-electron chi connectivity index (χ4n) is 3.28. The minimum Gasteiger partial charge on any atom is -0.347 e. The summed E-state index contributed by atoms with van der Waals surface area (Å²) in [5.41, 5.74) is 0.170. The number of hydrogen-bond donors (Lipinski definition) is 2. The van der Waals surface area contributed by atoms with Gasteiger partial charge in [0, 0.05) is 25.1 Å². The molecule has 1 aromatic heterocycles. The number of aromatic nitrogens is 2. The van der Waals surface area contributed by atoms with Crippen molar-refractivity contribution in [1.82, 2.24) is 15.1 Å². The molecule has 2 heterocycles. The summed E-state index contributed by atoms with van der Waals surface area (Å²) >= 11 is 0. The lowest BCUT2D eigenvalue weighted by Gasteiger charge is -2.09. The Morgan fingerprint density at radius 1 is 1.25 bits per heavy atom. The Balaban J connectivity index is 1.62. The highest BCUT2D eigenvalue weighted by Crippen LogP contribution is 2.26. The average molecular weight is 354 g/mol. The summed E-state index contributed by atoms with van der Waals surface area (Å²) in [5, 5.41) is 9.62. The van der Waals surface area contributed by atoms with E-state index in [1.54, 1.807) is 7.05 Å². The molecule has 0 radical (unpaired) electrons. The number of carbonyl (C=O) groups excluding carboxylic acids is 2. The van der Waals surface area contributed by atoms with Crippen molar-refractivity contribution < 1.29 is 18.0 Å². The predicted molar refractivity (Wildman–Crippen MR) is 88.3 cm³/mol. The van der Waals surface area contributed by atoms with Crippen LogP contribution in [0.4, 0.5) is 5.82 Å². The molecule has 1 unspecified atom stereocenters. The van der Waals surface area contributed by atoms with Crippen LogP contribution in [0.15, 0.2) is 6.07 Å². The van der Waals surface area contributed by atoms with Crippen LogP contribution in [-0.4, -0.2) is 47.6 Å². The number of sulfone groups is 1. The van der Waals surface area contributed by atoms with Crippen LogP contribution >= 0.6 is 0 Å². The first-order chi connectivity index (χ1) is 11.3. The second-order valence-corrected chi connectivity index (χ2v) is 8.81. The Morgan fingerprint density at radius 2 is 1.96 bits per heavy atom. The van der Waals surface area contributed by atoms with Gasteiger partial charge in [-0.1, -0.05) is 12.8 Å². The van der Waals surface area contributed by atoms with Crippen molar-refractivity contribution in [2.24, 2.45) is 13.0 Å². The monoisotopic (exact) mass is 354 g/mol. The number of amides is 2. The van der Waals surface area contributed by atoms with Crippen LogP contribution in [0.1, 0.15) is 42.6 Å². The van der Waals surface area contributed by atoms with E-state index in [1.165, 1.54) is 10.7 Å². The molecule has 2 N–H and O–H groups in total. The highest BCUT2D eigenvalue weighted by Gasteiger charge is 2.30. The predicted octanol–water partition coefficient (Wildman–Crippen LogP) is 0.466. The minimum atomic E-state index is -3.05. The van der Waals surface area contributed by atoms with Crippen molar-refractivity contribution in [1.29, 1.82) is 0 Å². The maximum atomic E-state index is 12.2. The van der Waals surface area contributed by atoms with Crippen LogP contribution in [0.3, 0.4) is 0 Å². The Bertz CT molecular complexity index is 750. The van der Waals surface area contributed by atoms with E-state index < -0.39 is 15.7 Å². The zero-order valence-electron chi connectivity index (χ0n) is 13.6. The lowest BCUT2D eigenvalue weighted by Crippen LogP contribution is -2.35. The SMILES string of the molecule is Cn1nc(C(=O)NC2CCS(=O)(=O)C2)cc1NC(=O)C1CCCC1. The number of nitrogens with one attached hydrogen (secondary N) is 2. The Morgan fingerprint density at radius 3 is 2.58 bits per heavy atom. The number of anilines is 1. The zero-order chi connectivity index (χ0) is 17.3. The van der Waals surface area contributed by atoms with Crippen LogP contribution < -0.4 is 10.6 Å². The molecule has 1 aliphatic heterocycles. The average Bonchev–Trinajstić information content (AvgIpc) is 3.21. The molecule has 1 saturated carbocycles. The summed E-state index contributed by atoms with van der Waals surface area (Å²) in [6, 6.07) is 1.15. The van der Waals surface area contributed by atoms with Crippen molar-refractivity contribution in [2.45, 2.75) is 38.1 Å². The Labute approximate surface area is 140 Å². The lowest BCUT2D eigenvalue weighted by atomic mass is 10.1. The fourth-order valence-corrected chi connectivity index (χ4v) is 4.95. The maximum Gasteiger partial charge on any atom is 0.272 e. The van der Waals surface area contributed by atoms with Gasteiger partial charge in [0.05, 0.1) is 11.5 Å². The van der Waals surface area contributed by atoms with Crippen molar-refractivity contribution in [3.05, 3.63) is 11.8 Å². The summed E-state index contributed by atoms with van der Waals surface area (Å²) < 4.78 is 24.3. The first-order valence-electron chi connectivity index (χ1n) is 8.20. The standard InChI is InChI=1S/C15H22N4O4S/c1-19-13(17-14(20)10-4-2-3-5-10)8-12(18-19)15(21)16-11-6-7-24(22,23)9-11/h8,10-11H,2-7,9H2,1H3,(H,16,21)(H,17,20). The third-order valence-corrected chi connectivity index (χ3v) is 6.43. The second kappa shape index (κ2) is 6.54. The van der Waals surface area contributed by atoms with Gasteiger partial charge in [-0.3, -0.25) is 14.3 Å². The molecule has 132 valence electrons. The van der Waals surface area contributed by atoms with Gasteiger partial charge in [0.15, 0.2) is 15.5 Å². The molecule has 2 fully saturated rings. The number of rotatable bonds is 4. The number of hydrogen-bond acceptors (Lipinski definition) is 5. The van der Waals surface area contributed by atoms with E-state index in [0.717, 1.165) is 25.7 Å². The number of carbonyl (C=O) groups is 2. The first kappa shape index (κ1) is 16.9. The smallest absolute Gasteiger partial charge is 0.272 e. The van der Waals surface area contributed by atoms with Gasteiger partial charge in [0.1, 0.15) is 5.82 Å². The van der Waals surface area contributed by atoms with Crippen molar-refractivity contribution in [3.63, 3.8) is 0 Å². The van der Waals surface area contributed by atoms with E-state index in [1.807, 2.05) is 0 Å². The van der Waals surface area contributed by atoms with Gasteiger partial charge >= 0.3 is 0 Å². The van der Waals surface area contributed by atoms with Crippen LogP contribution in [-0.2, 0) is 21.7 Å². The summed E-state index contributed by atoms with van der Waals surface area (Å²) in [7, 11) is -1.40. The molecule has 0 bridgehead atoms. The normalized spacial score (nSPS) is 23.3. The van der Waals surface area contributed by atoms with E-state index in [2.05, 4.69) is 15.7 Å². The van der Waals surface area contributed by atoms with E-state index in [0.29, 0.717) is 12.2 Å². The summed E-state index contributed by atoms with van der Waals surface area (Å²) in [6.07, 6.45) is 4.36. The van der Waals surface area contributed by atoms with Crippen molar-refractivity contribution in [2.75, 3.05) is 16.8 Å². The Hall–Kier alpha value is -1.90. The van der Waals surface area contributed by atoms with Gasteiger partial charge in [0.25, 0.3) is 5.91 Å². The second-order valence-electron chi connectivity index (χ2n) is 6.58. The molecule has 24 heavy (non-hydrogen) atoms. The fraction of sp³-hybridized carbons (Fsp3) is 0.667. The van der Waals surface area contributed by atoms with Crippen molar-refractivity contribution in [3.8, 4) is 0 Å². The van der Waals surface area contributed by atoms with Crippen LogP contribution in [0, 0.1) is 5.92 Å². The quantitative estimate of drug-likeness (QED) is 0.816. The van der Waals surface area contributed by atoms with Gasteiger partial charge < -0.3 is 10.6 Å². The number of aryl methyl sites for hydroxylation is 1. The summed E-state index contributed by atoms with van der Waals surface area (Å²) in [4.78, 5) is 24.4. The molecule has 0 spiro atoms. The molecule has 1 aromatic rings. The van der Waals surface area contributed by atoms with E-state index in [9.17, 15) is 18.0 Å². The van der Waals surface area contributed by atoms with E-state index in [4.69, 9.17) is 0 Å². The number of nitrogens with zero attached hydrogens (tertiary/aromatic N) is 2. The van der Waals surface area contributed by atoms with Crippen LogP contribution in [0.2, 0.25) is 0 Å². The van der Waals surface area contributed by atoms with Crippen LogP contribution in [0.25, 0.3) is 0 Å². The Kier molecular flexibility index (Phi) is 4.62. The molecule has 0 aromatic carbocycles. The van der Waals surface area contributed by atoms with Crippen molar-refractivity contribution >= 4 is 27.5 Å². The zero-order valence-corrected chi connectivity index (χ0v) is 14.4. The van der Waals surface area contributed by atoms with Crippen LogP contribution in [0.5, 0.6) is 0 Å². The molecular formula is C15H22N4O4S. The molecule has 1 atom stereocenters. The first-order valence-corrected chi connectivity index (χ1v) is 10.0. The van der Waals surface area contributed by atoms with Gasteiger partial charge in [0.2, 0.25) is 5.91 Å². The molecule has 2 amide bonds. The molecule has 2 aliphatic rings. The van der Waals surface area contributed by atoms with Gasteiger partial charge in [-0.2, -0.15) is 5.10 Å². The highest BCUT2D eigenvalue weighted by atomic mass is 32.2. The summed E-state index contributed by atoms with van der Waals surface area (Å²) in [5.74, 6) is 0.107. The molecule has 8 nitrogen and oxygen atoms in total. The third-order valence-electron chi connectivity index (χ3n) is 4.66. The van der Waals surface area contributed by atoms with Gasteiger partial charge in [-0.05, 0) is 19.3 Å². The lowest BCUT2D eigenvalue weighted by molar-refractivity contribution is -0.119. The minimum absolute atomic E-state index is 0.0286. The molecule has 9 heteroatoms.